The SMILES string of the molecule is COc1cccc(C(=O)Oc2cccc(N3C(=O)c4ccccc4C3=O)c2)c1. The number of amides is 2. The van der Waals surface area contributed by atoms with E-state index in [1.54, 1.807) is 66.7 Å². The number of rotatable bonds is 4. The number of fused-ring (bicyclic) bond motifs is 1. The van der Waals surface area contributed by atoms with Crippen molar-refractivity contribution >= 4 is 23.5 Å². The van der Waals surface area contributed by atoms with Gasteiger partial charge in [-0.3, -0.25) is 9.59 Å². The molecular formula is C22H15NO5. The second kappa shape index (κ2) is 7.00. The average molecular weight is 373 g/mol. The van der Waals surface area contributed by atoms with Crippen LogP contribution in [0.4, 0.5) is 5.69 Å². The van der Waals surface area contributed by atoms with Crippen LogP contribution in [-0.4, -0.2) is 24.9 Å². The molecule has 0 bridgehead atoms. The summed E-state index contributed by atoms with van der Waals surface area (Å²) < 4.78 is 10.5. The van der Waals surface area contributed by atoms with Crippen LogP contribution in [0.15, 0.2) is 72.8 Å². The summed E-state index contributed by atoms with van der Waals surface area (Å²) in [4.78, 5) is 38.7. The number of benzene rings is 3. The molecule has 3 aromatic rings. The standard InChI is InChI=1S/C22H15NO5/c1-27-16-8-4-6-14(12-16)22(26)28-17-9-5-7-15(13-17)23-20(24)18-10-2-3-11-19(18)21(23)25/h2-13H,1H3. The molecule has 6 heteroatoms. The Labute approximate surface area is 160 Å². The molecule has 3 aromatic carbocycles. The van der Waals surface area contributed by atoms with Gasteiger partial charge in [0.1, 0.15) is 11.5 Å². The van der Waals surface area contributed by atoms with Crippen LogP contribution >= 0.6 is 0 Å². The lowest BCUT2D eigenvalue weighted by Gasteiger charge is -2.15. The molecule has 138 valence electrons. The predicted octanol–water partition coefficient (Wildman–Crippen LogP) is 3.72. The van der Waals surface area contributed by atoms with Gasteiger partial charge in [0.05, 0.1) is 29.5 Å². The lowest BCUT2D eigenvalue weighted by Crippen LogP contribution is -2.29. The molecule has 0 saturated carbocycles. The molecule has 0 atom stereocenters. The van der Waals surface area contributed by atoms with E-state index in [2.05, 4.69) is 0 Å². The summed E-state index contributed by atoms with van der Waals surface area (Å²) in [7, 11) is 1.51. The molecule has 6 nitrogen and oxygen atoms in total. The van der Waals surface area contributed by atoms with E-state index in [1.807, 2.05) is 0 Å². The van der Waals surface area contributed by atoms with E-state index in [0.717, 1.165) is 4.90 Å². The molecule has 1 heterocycles. The smallest absolute Gasteiger partial charge is 0.343 e. The van der Waals surface area contributed by atoms with Crippen LogP contribution in [-0.2, 0) is 0 Å². The molecule has 28 heavy (non-hydrogen) atoms. The van der Waals surface area contributed by atoms with Gasteiger partial charge < -0.3 is 9.47 Å². The number of hydrogen-bond acceptors (Lipinski definition) is 5. The number of methoxy groups -OCH3 is 1. The predicted molar refractivity (Wildman–Crippen MR) is 102 cm³/mol. The Morgan fingerprint density at radius 1 is 0.786 bits per heavy atom. The van der Waals surface area contributed by atoms with Gasteiger partial charge >= 0.3 is 5.97 Å². The van der Waals surface area contributed by atoms with E-state index in [0.29, 0.717) is 28.1 Å². The van der Waals surface area contributed by atoms with Gasteiger partial charge in [0.15, 0.2) is 0 Å². The largest absolute Gasteiger partial charge is 0.497 e. The fraction of sp³-hybridized carbons (Fsp3) is 0.0455. The Morgan fingerprint density at radius 2 is 1.43 bits per heavy atom. The minimum absolute atomic E-state index is 0.224. The van der Waals surface area contributed by atoms with Gasteiger partial charge in [-0.1, -0.05) is 24.3 Å². The van der Waals surface area contributed by atoms with Crippen molar-refractivity contribution in [1.29, 1.82) is 0 Å². The third kappa shape index (κ3) is 3.01. The average Bonchev–Trinajstić information content (AvgIpc) is 2.99. The molecule has 1 aliphatic rings. The molecule has 0 fully saturated rings. The van der Waals surface area contributed by atoms with Crippen molar-refractivity contribution in [2.24, 2.45) is 0 Å². The first-order valence-corrected chi connectivity index (χ1v) is 8.52. The Morgan fingerprint density at radius 3 is 2.11 bits per heavy atom. The molecule has 0 aromatic heterocycles. The van der Waals surface area contributed by atoms with Crippen molar-refractivity contribution in [2.75, 3.05) is 12.0 Å². The summed E-state index contributed by atoms with van der Waals surface area (Å²) >= 11 is 0. The van der Waals surface area contributed by atoms with Crippen LogP contribution < -0.4 is 14.4 Å². The topological polar surface area (TPSA) is 72.9 Å². The minimum Gasteiger partial charge on any atom is -0.497 e. The Bertz CT molecular complexity index is 1070. The molecule has 0 N–H and O–H groups in total. The number of carbonyl (C=O) groups is 3. The second-order valence-electron chi connectivity index (χ2n) is 6.11. The Hall–Kier alpha value is -3.93. The zero-order valence-electron chi connectivity index (χ0n) is 14.9. The fourth-order valence-electron chi connectivity index (χ4n) is 3.03. The van der Waals surface area contributed by atoms with Crippen LogP contribution in [0, 0.1) is 0 Å². The third-order valence-corrected chi connectivity index (χ3v) is 4.39. The molecule has 0 spiro atoms. The highest BCUT2D eigenvalue weighted by Crippen LogP contribution is 2.30. The van der Waals surface area contributed by atoms with Crippen molar-refractivity contribution in [3.63, 3.8) is 0 Å². The van der Waals surface area contributed by atoms with Crippen molar-refractivity contribution in [2.45, 2.75) is 0 Å². The van der Waals surface area contributed by atoms with Crippen LogP contribution in [0.1, 0.15) is 31.1 Å². The van der Waals surface area contributed by atoms with Crippen LogP contribution in [0.2, 0.25) is 0 Å². The van der Waals surface area contributed by atoms with Crippen molar-refractivity contribution < 1.29 is 23.9 Å². The summed E-state index contributed by atoms with van der Waals surface area (Å²) in [6, 6.07) is 19.5. The van der Waals surface area contributed by atoms with Gasteiger partial charge in [0, 0.05) is 6.07 Å². The molecule has 0 radical (unpaired) electrons. The molecule has 0 unspecified atom stereocenters. The van der Waals surface area contributed by atoms with E-state index >= 15 is 0 Å². The van der Waals surface area contributed by atoms with Crippen molar-refractivity contribution in [3.05, 3.63) is 89.5 Å². The summed E-state index contributed by atoms with van der Waals surface area (Å²) in [5, 5.41) is 0. The first-order valence-electron chi connectivity index (χ1n) is 8.52. The molecular weight excluding hydrogens is 358 g/mol. The van der Waals surface area contributed by atoms with Gasteiger partial charge in [-0.2, -0.15) is 0 Å². The monoisotopic (exact) mass is 373 g/mol. The van der Waals surface area contributed by atoms with Crippen molar-refractivity contribution in [1.82, 2.24) is 0 Å². The lowest BCUT2D eigenvalue weighted by atomic mass is 10.1. The molecule has 0 aliphatic carbocycles. The Kier molecular flexibility index (Phi) is 4.37. The summed E-state index contributed by atoms with van der Waals surface area (Å²) in [5.41, 5.74) is 1.37. The van der Waals surface area contributed by atoms with Gasteiger partial charge in [-0.25, -0.2) is 9.69 Å². The highest BCUT2D eigenvalue weighted by Gasteiger charge is 2.36. The lowest BCUT2D eigenvalue weighted by molar-refractivity contribution is 0.0734. The summed E-state index contributed by atoms with van der Waals surface area (Å²) in [6.45, 7) is 0. The number of nitrogens with zero attached hydrogens (tertiary/aromatic N) is 1. The second-order valence-corrected chi connectivity index (χ2v) is 6.11. The number of ether oxygens (including phenoxy) is 2. The number of esters is 1. The van der Waals surface area contributed by atoms with Crippen LogP contribution in [0.5, 0.6) is 11.5 Å². The highest BCUT2D eigenvalue weighted by molar-refractivity contribution is 6.34. The highest BCUT2D eigenvalue weighted by atomic mass is 16.5. The zero-order valence-corrected chi connectivity index (χ0v) is 14.9. The Balaban J connectivity index is 1.60. The fourth-order valence-corrected chi connectivity index (χ4v) is 3.03. The summed E-state index contributed by atoms with van der Waals surface area (Å²) in [6.07, 6.45) is 0. The third-order valence-electron chi connectivity index (χ3n) is 4.39. The minimum atomic E-state index is -0.571. The van der Waals surface area contributed by atoms with Crippen molar-refractivity contribution in [3.8, 4) is 11.5 Å². The van der Waals surface area contributed by atoms with E-state index in [4.69, 9.17) is 9.47 Å². The zero-order chi connectivity index (χ0) is 19.7. The first-order chi connectivity index (χ1) is 13.6. The molecule has 0 saturated heterocycles. The number of carbonyl (C=O) groups excluding carboxylic acids is 3. The normalized spacial score (nSPS) is 12.7. The van der Waals surface area contributed by atoms with E-state index < -0.39 is 17.8 Å². The molecule has 4 rings (SSSR count). The van der Waals surface area contributed by atoms with Gasteiger partial charge in [-0.15, -0.1) is 0 Å². The van der Waals surface area contributed by atoms with E-state index in [9.17, 15) is 14.4 Å². The van der Waals surface area contributed by atoms with Gasteiger partial charge in [-0.05, 0) is 42.5 Å². The van der Waals surface area contributed by atoms with Gasteiger partial charge in [0.25, 0.3) is 11.8 Å². The number of hydrogen-bond donors (Lipinski definition) is 0. The maximum absolute atomic E-state index is 12.6. The van der Waals surface area contributed by atoms with Crippen LogP contribution in [0.25, 0.3) is 0 Å². The van der Waals surface area contributed by atoms with E-state index in [1.165, 1.54) is 13.2 Å². The molecule has 1 aliphatic heterocycles. The van der Waals surface area contributed by atoms with E-state index in [-0.39, 0.29) is 5.75 Å². The number of anilines is 1. The van der Waals surface area contributed by atoms with Gasteiger partial charge in [0.2, 0.25) is 0 Å². The molecule has 2 amide bonds. The van der Waals surface area contributed by atoms with Crippen LogP contribution in [0.3, 0.4) is 0 Å². The quantitative estimate of drug-likeness (QED) is 0.396. The number of imide groups is 1. The summed E-state index contributed by atoms with van der Waals surface area (Å²) in [5.74, 6) is -0.622. The first kappa shape index (κ1) is 17.5. The maximum Gasteiger partial charge on any atom is 0.343 e. The maximum atomic E-state index is 12.6.